The van der Waals surface area contributed by atoms with E-state index in [-0.39, 0.29) is 12.1 Å². The van der Waals surface area contributed by atoms with Gasteiger partial charge in [-0.3, -0.25) is 5.32 Å². The molecule has 0 amide bonds. The second-order valence-electron chi connectivity index (χ2n) is 4.58. The minimum Gasteiger partial charge on any atom is -0.465 e. The van der Waals surface area contributed by atoms with E-state index in [1.54, 1.807) is 11.3 Å². The van der Waals surface area contributed by atoms with Crippen molar-refractivity contribution >= 4 is 11.3 Å². The van der Waals surface area contributed by atoms with Crippen LogP contribution in [-0.4, -0.2) is 4.98 Å². The molecule has 0 aliphatic heterocycles. The van der Waals surface area contributed by atoms with Gasteiger partial charge in [-0.25, -0.2) is 4.98 Å². The first-order valence-corrected chi connectivity index (χ1v) is 7.18. The van der Waals surface area contributed by atoms with Crippen LogP contribution in [0.2, 0.25) is 0 Å². The lowest BCUT2D eigenvalue weighted by atomic mass is 10.2. The van der Waals surface area contributed by atoms with Crippen molar-refractivity contribution in [3.63, 3.8) is 0 Å². The first-order chi connectivity index (χ1) is 8.60. The minimum atomic E-state index is 0.197. The Morgan fingerprint density at radius 2 is 2.11 bits per heavy atom. The normalized spacial score (nSPS) is 14.7. The number of nitrogens with zero attached hydrogens (tertiary/aromatic N) is 1. The third-order valence-electron chi connectivity index (χ3n) is 2.98. The second kappa shape index (κ2) is 5.67. The summed E-state index contributed by atoms with van der Waals surface area (Å²) < 4.78 is 5.63. The molecule has 2 rings (SSSR count). The van der Waals surface area contributed by atoms with Crippen LogP contribution in [-0.2, 0) is 6.42 Å². The van der Waals surface area contributed by atoms with Gasteiger partial charge in [0, 0.05) is 11.1 Å². The van der Waals surface area contributed by atoms with Gasteiger partial charge in [0.25, 0.3) is 0 Å². The zero-order chi connectivity index (χ0) is 13.1. The van der Waals surface area contributed by atoms with E-state index in [2.05, 4.69) is 31.1 Å². The zero-order valence-corrected chi connectivity index (χ0v) is 12.2. The molecular formula is C14H20N2OS. The highest BCUT2D eigenvalue weighted by Crippen LogP contribution is 2.24. The molecule has 4 heteroatoms. The predicted octanol–water partition coefficient (Wildman–Crippen LogP) is 4.02. The first-order valence-electron chi connectivity index (χ1n) is 6.37. The van der Waals surface area contributed by atoms with Crippen LogP contribution >= 0.6 is 11.3 Å². The van der Waals surface area contributed by atoms with Gasteiger partial charge < -0.3 is 4.42 Å². The summed E-state index contributed by atoms with van der Waals surface area (Å²) in [6.07, 6.45) is 3.03. The molecule has 0 aromatic carbocycles. The van der Waals surface area contributed by atoms with Crippen molar-refractivity contribution in [3.05, 3.63) is 39.7 Å². The van der Waals surface area contributed by atoms with E-state index >= 15 is 0 Å². The fourth-order valence-corrected chi connectivity index (χ4v) is 2.77. The summed E-state index contributed by atoms with van der Waals surface area (Å²) in [4.78, 5) is 5.80. The van der Waals surface area contributed by atoms with Crippen LogP contribution < -0.4 is 5.32 Å². The standard InChI is InChI=1S/C14H20N2OS/c1-5-12-8-15-14(18-12)11(4)16-10(3)13-7-6-9(2)17-13/h6-8,10-11,16H,5H2,1-4H3/t10-,11+/m0/s1. The van der Waals surface area contributed by atoms with Gasteiger partial charge in [-0.2, -0.15) is 0 Å². The van der Waals surface area contributed by atoms with Crippen LogP contribution in [0.25, 0.3) is 0 Å². The van der Waals surface area contributed by atoms with Crippen LogP contribution in [0.4, 0.5) is 0 Å². The maximum absolute atomic E-state index is 5.63. The molecule has 2 aromatic rings. The number of hydrogen-bond donors (Lipinski definition) is 1. The van der Waals surface area contributed by atoms with Crippen molar-refractivity contribution in [2.24, 2.45) is 0 Å². The van der Waals surface area contributed by atoms with E-state index in [1.807, 2.05) is 25.3 Å². The summed E-state index contributed by atoms with van der Waals surface area (Å²) in [7, 11) is 0. The molecule has 3 nitrogen and oxygen atoms in total. The molecule has 0 saturated heterocycles. The Kier molecular flexibility index (Phi) is 4.19. The van der Waals surface area contributed by atoms with Crippen molar-refractivity contribution in [3.8, 4) is 0 Å². The fourth-order valence-electron chi connectivity index (χ4n) is 1.90. The highest BCUT2D eigenvalue weighted by atomic mass is 32.1. The smallest absolute Gasteiger partial charge is 0.120 e. The highest BCUT2D eigenvalue weighted by molar-refractivity contribution is 7.11. The maximum atomic E-state index is 5.63. The summed E-state index contributed by atoms with van der Waals surface area (Å²) in [6.45, 7) is 8.38. The maximum Gasteiger partial charge on any atom is 0.120 e. The highest BCUT2D eigenvalue weighted by Gasteiger charge is 2.16. The van der Waals surface area contributed by atoms with E-state index in [1.165, 1.54) is 4.88 Å². The molecule has 98 valence electrons. The molecule has 0 spiro atoms. The number of aryl methyl sites for hydroxylation is 2. The summed E-state index contributed by atoms with van der Waals surface area (Å²) in [6, 6.07) is 4.47. The Balaban J connectivity index is 2.00. The largest absolute Gasteiger partial charge is 0.465 e. The average Bonchev–Trinajstić information content (AvgIpc) is 2.97. The number of nitrogens with one attached hydrogen (secondary N) is 1. The summed E-state index contributed by atoms with van der Waals surface area (Å²) in [5, 5.41) is 4.66. The molecule has 0 fully saturated rings. The Morgan fingerprint density at radius 1 is 1.33 bits per heavy atom. The molecule has 0 radical (unpaired) electrons. The van der Waals surface area contributed by atoms with Crippen molar-refractivity contribution in [1.29, 1.82) is 0 Å². The van der Waals surface area contributed by atoms with Crippen LogP contribution in [0.1, 0.15) is 54.3 Å². The Morgan fingerprint density at radius 3 is 2.67 bits per heavy atom. The van der Waals surface area contributed by atoms with Crippen LogP contribution in [0.3, 0.4) is 0 Å². The van der Waals surface area contributed by atoms with Gasteiger partial charge in [-0.1, -0.05) is 6.92 Å². The van der Waals surface area contributed by atoms with Gasteiger partial charge in [0.05, 0.1) is 12.1 Å². The molecule has 18 heavy (non-hydrogen) atoms. The number of rotatable bonds is 5. The zero-order valence-electron chi connectivity index (χ0n) is 11.4. The molecule has 0 bridgehead atoms. The topological polar surface area (TPSA) is 38.1 Å². The number of thiazole rings is 1. The molecule has 0 saturated carbocycles. The monoisotopic (exact) mass is 264 g/mol. The fraction of sp³-hybridized carbons (Fsp3) is 0.500. The molecule has 2 aromatic heterocycles. The van der Waals surface area contributed by atoms with Crippen molar-refractivity contribution in [2.45, 2.75) is 46.2 Å². The SMILES string of the molecule is CCc1cnc([C@@H](C)N[C@@H](C)c2ccc(C)o2)s1. The number of aromatic nitrogens is 1. The molecule has 0 aliphatic rings. The first kappa shape index (κ1) is 13.3. The summed E-state index contributed by atoms with van der Waals surface area (Å²) in [5.41, 5.74) is 0. The summed E-state index contributed by atoms with van der Waals surface area (Å²) in [5.74, 6) is 1.93. The lowest BCUT2D eigenvalue weighted by Crippen LogP contribution is -2.21. The molecule has 2 heterocycles. The molecule has 2 atom stereocenters. The van der Waals surface area contributed by atoms with Gasteiger partial charge >= 0.3 is 0 Å². The van der Waals surface area contributed by atoms with Gasteiger partial charge in [0.2, 0.25) is 0 Å². The minimum absolute atomic E-state index is 0.197. The lowest BCUT2D eigenvalue weighted by molar-refractivity contribution is 0.392. The van der Waals surface area contributed by atoms with Crippen LogP contribution in [0.5, 0.6) is 0 Å². The predicted molar refractivity (Wildman–Crippen MR) is 74.9 cm³/mol. The van der Waals surface area contributed by atoms with Crippen molar-refractivity contribution in [2.75, 3.05) is 0 Å². The van der Waals surface area contributed by atoms with E-state index < -0.39 is 0 Å². The van der Waals surface area contributed by atoms with Gasteiger partial charge in [-0.05, 0) is 39.3 Å². The Hall–Kier alpha value is -1.13. The molecule has 1 N–H and O–H groups in total. The van der Waals surface area contributed by atoms with Gasteiger partial charge in [0.1, 0.15) is 16.5 Å². The van der Waals surface area contributed by atoms with Crippen LogP contribution in [0, 0.1) is 6.92 Å². The van der Waals surface area contributed by atoms with Gasteiger partial charge in [-0.15, -0.1) is 11.3 Å². The van der Waals surface area contributed by atoms with Crippen LogP contribution in [0.15, 0.2) is 22.7 Å². The number of hydrogen-bond acceptors (Lipinski definition) is 4. The Labute approximate surface area is 112 Å². The van der Waals surface area contributed by atoms with E-state index in [0.29, 0.717) is 0 Å². The Bertz CT molecular complexity index is 503. The van der Waals surface area contributed by atoms with E-state index in [9.17, 15) is 0 Å². The molecule has 0 aliphatic carbocycles. The lowest BCUT2D eigenvalue weighted by Gasteiger charge is -2.16. The van der Waals surface area contributed by atoms with Crippen molar-refractivity contribution in [1.82, 2.24) is 10.3 Å². The van der Waals surface area contributed by atoms with Gasteiger partial charge in [0.15, 0.2) is 0 Å². The quantitative estimate of drug-likeness (QED) is 0.886. The van der Waals surface area contributed by atoms with E-state index in [0.717, 1.165) is 22.9 Å². The van der Waals surface area contributed by atoms with E-state index in [4.69, 9.17) is 4.42 Å². The molecule has 0 unspecified atom stereocenters. The number of furan rings is 1. The second-order valence-corrected chi connectivity index (χ2v) is 5.72. The molecular weight excluding hydrogens is 244 g/mol. The summed E-state index contributed by atoms with van der Waals surface area (Å²) >= 11 is 1.78. The third-order valence-corrected chi connectivity index (χ3v) is 4.30. The third kappa shape index (κ3) is 3.00. The average molecular weight is 264 g/mol. The van der Waals surface area contributed by atoms with Crippen molar-refractivity contribution < 1.29 is 4.42 Å².